The zero-order chi connectivity index (χ0) is 22.6. The van der Waals surface area contributed by atoms with Crippen molar-refractivity contribution in [1.82, 2.24) is 15.5 Å². The van der Waals surface area contributed by atoms with Gasteiger partial charge in [-0.15, -0.1) is 0 Å². The SMILES string of the molecule is Cc1ccc(-c2noc(CNC(=O)[C@@H](C)Oc3ccc(N(C)S(C)(=O)=O)cc3)n2)cc1. The van der Waals surface area contributed by atoms with Gasteiger partial charge in [-0.05, 0) is 38.1 Å². The summed E-state index contributed by atoms with van der Waals surface area (Å²) in [5, 5.41) is 6.63. The van der Waals surface area contributed by atoms with E-state index in [4.69, 9.17) is 9.26 Å². The van der Waals surface area contributed by atoms with Crippen molar-refractivity contribution < 1.29 is 22.5 Å². The van der Waals surface area contributed by atoms with E-state index in [1.54, 1.807) is 31.2 Å². The van der Waals surface area contributed by atoms with Crippen molar-refractivity contribution in [1.29, 1.82) is 0 Å². The lowest BCUT2D eigenvalue weighted by Crippen LogP contribution is -2.36. The lowest BCUT2D eigenvalue weighted by atomic mass is 10.1. The molecule has 0 saturated heterocycles. The molecule has 1 heterocycles. The predicted octanol–water partition coefficient (Wildman–Crippen LogP) is 2.52. The number of benzene rings is 2. The van der Waals surface area contributed by atoms with Gasteiger partial charge in [0.15, 0.2) is 6.10 Å². The first-order valence-corrected chi connectivity index (χ1v) is 11.4. The first kappa shape index (κ1) is 22.3. The maximum Gasteiger partial charge on any atom is 0.261 e. The van der Waals surface area contributed by atoms with Crippen LogP contribution in [0.15, 0.2) is 53.1 Å². The van der Waals surface area contributed by atoms with Gasteiger partial charge >= 0.3 is 0 Å². The van der Waals surface area contributed by atoms with E-state index in [1.807, 2.05) is 31.2 Å². The molecule has 31 heavy (non-hydrogen) atoms. The summed E-state index contributed by atoms with van der Waals surface area (Å²) in [5.41, 5.74) is 2.45. The molecule has 1 aromatic heterocycles. The minimum atomic E-state index is -3.35. The third-order valence-corrected chi connectivity index (χ3v) is 5.78. The number of hydrogen-bond donors (Lipinski definition) is 1. The molecule has 0 bridgehead atoms. The Balaban J connectivity index is 1.53. The summed E-state index contributed by atoms with van der Waals surface area (Å²) in [7, 11) is -1.89. The summed E-state index contributed by atoms with van der Waals surface area (Å²) >= 11 is 0. The number of anilines is 1. The highest BCUT2D eigenvalue weighted by atomic mass is 32.2. The van der Waals surface area contributed by atoms with Crippen LogP contribution in [0.3, 0.4) is 0 Å². The fraction of sp³-hybridized carbons (Fsp3) is 0.286. The Morgan fingerprint density at radius 1 is 1.16 bits per heavy atom. The van der Waals surface area contributed by atoms with Crippen LogP contribution in [-0.2, 0) is 21.4 Å². The predicted molar refractivity (Wildman–Crippen MR) is 116 cm³/mol. The maximum atomic E-state index is 12.3. The quantitative estimate of drug-likeness (QED) is 0.568. The Morgan fingerprint density at radius 3 is 2.42 bits per heavy atom. The number of nitrogens with one attached hydrogen (secondary N) is 1. The number of carbonyl (C=O) groups is 1. The van der Waals surface area contributed by atoms with Crippen molar-refractivity contribution >= 4 is 21.6 Å². The molecular weight excluding hydrogens is 420 g/mol. The molecule has 164 valence electrons. The van der Waals surface area contributed by atoms with E-state index in [1.165, 1.54) is 7.05 Å². The third-order valence-electron chi connectivity index (χ3n) is 4.57. The van der Waals surface area contributed by atoms with Gasteiger partial charge in [-0.2, -0.15) is 4.98 Å². The second-order valence-corrected chi connectivity index (χ2v) is 9.09. The molecule has 9 nitrogen and oxygen atoms in total. The van der Waals surface area contributed by atoms with E-state index >= 15 is 0 Å². The van der Waals surface area contributed by atoms with Crippen LogP contribution in [0.5, 0.6) is 5.75 Å². The molecule has 10 heteroatoms. The number of amides is 1. The summed E-state index contributed by atoms with van der Waals surface area (Å²) in [6, 6.07) is 14.1. The standard InChI is InChI=1S/C21H24N4O5S/c1-14-5-7-16(8-6-14)20-23-19(30-24-20)13-22-21(26)15(2)29-18-11-9-17(10-12-18)25(3)31(4,27)28/h5-12,15H,13H2,1-4H3,(H,22,26)/t15-/m1/s1. The van der Waals surface area contributed by atoms with Gasteiger partial charge in [0.25, 0.3) is 5.91 Å². The van der Waals surface area contributed by atoms with Crippen LogP contribution in [0.1, 0.15) is 18.4 Å². The van der Waals surface area contributed by atoms with Crippen LogP contribution in [-0.4, -0.2) is 43.9 Å². The van der Waals surface area contributed by atoms with Crippen LogP contribution in [0.25, 0.3) is 11.4 Å². The highest BCUT2D eigenvalue weighted by molar-refractivity contribution is 7.92. The molecule has 2 aromatic carbocycles. The summed E-state index contributed by atoms with van der Waals surface area (Å²) in [4.78, 5) is 16.6. The normalized spacial score (nSPS) is 12.3. The molecule has 3 rings (SSSR count). The molecule has 0 aliphatic heterocycles. The van der Waals surface area contributed by atoms with E-state index < -0.39 is 16.1 Å². The number of nitrogens with zero attached hydrogens (tertiary/aromatic N) is 3. The van der Waals surface area contributed by atoms with E-state index in [0.717, 1.165) is 21.7 Å². The minimum absolute atomic E-state index is 0.0729. The number of aromatic nitrogens is 2. The molecule has 0 saturated carbocycles. The van der Waals surface area contributed by atoms with Crippen LogP contribution in [0.2, 0.25) is 0 Å². The van der Waals surface area contributed by atoms with Gasteiger partial charge in [0.2, 0.25) is 21.7 Å². The third kappa shape index (κ3) is 5.82. The van der Waals surface area contributed by atoms with E-state index in [0.29, 0.717) is 17.3 Å². The number of ether oxygens (including phenoxy) is 1. The Bertz CT molecular complexity index is 1140. The highest BCUT2D eigenvalue weighted by Crippen LogP contribution is 2.21. The van der Waals surface area contributed by atoms with Crippen LogP contribution in [0, 0.1) is 6.92 Å². The lowest BCUT2D eigenvalue weighted by molar-refractivity contribution is -0.127. The van der Waals surface area contributed by atoms with Gasteiger partial charge in [0.05, 0.1) is 18.5 Å². The largest absolute Gasteiger partial charge is 0.481 e. The molecule has 0 fully saturated rings. The van der Waals surface area contributed by atoms with Gasteiger partial charge in [-0.25, -0.2) is 8.42 Å². The lowest BCUT2D eigenvalue weighted by Gasteiger charge is -2.18. The highest BCUT2D eigenvalue weighted by Gasteiger charge is 2.17. The average molecular weight is 445 g/mol. The van der Waals surface area contributed by atoms with Crippen molar-refractivity contribution in [3.8, 4) is 17.1 Å². The maximum absolute atomic E-state index is 12.3. The first-order chi connectivity index (χ1) is 14.6. The molecular formula is C21H24N4O5S. The molecule has 1 N–H and O–H groups in total. The zero-order valence-electron chi connectivity index (χ0n) is 17.7. The number of carbonyl (C=O) groups excluding carboxylic acids is 1. The molecule has 0 unspecified atom stereocenters. The molecule has 0 aliphatic rings. The van der Waals surface area contributed by atoms with Gasteiger partial charge < -0.3 is 14.6 Å². The van der Waals surface area contributed by atoms with Gasteiger partial charge in [0.1, 0.15) is 5.75 Å². The van der Waals surface area contributed by atoms with Crippen molar-refractivity contribution in [3.05, 3.63) is 60.0 Å². The Kier molecular flexibility index (Phi) is 6.59. The molecule has 3 aromatic rings. The number of sulfonamides is 1. The van der Waals surface area contributed by atoms with Crippen molar-refractivity contribution in [3.63, 3.8) is 0 Å². The van der Waals surface area contributed by atoms with Crippen LogP contribution in [0.4, 0.5) is 5.69 Å². The number of rotatable bonds is 8. The first-order valence-electron chi connectivity index (χ1n) is 9.51. The topological polar surface area (TPSA) is 115 Å². The van der Waals surface area contributed by atoms with E-state index in [9.17, 15) is 13.2 Å². The summed E-state index contributed by atoms with van der Waals surface area (Å²) in [6.07, 6.45) is 0.342. The zero-order valence-corrected chi connectivity index (χ0v) is 18.5. The Morgan fingerprint density at radius 2 is 1.81 bits per heavy atom. The summed E-state index contributed by atoms with van der Waals surface area (Å²) in [6.45, 7) is 3.67. The molecule has 0 aliphatic carbocycles. The molecule has 0 spiro atoms. The second-order valence-electron chi connectivity index (χ2n) is 7.08. The van der Waals surface area contributed by atoms with Crippen molar-refractivity contribution in [2.45, 2.75) is 26.5 Å². The monoisotopic (exact) mass is 444 g/mol. The molecule has 1 atom stereocenters. The second kappa shape index (κ2) is 9.17. The Hall–Kier alpha value is -3.40. The van der Waals surface area contributed by atoms with Gasteiger partial charge in [0, 0.05) is 12.6 Å². The Labute approximate surface area is 181 Å². The molecule has 1 amide bonds. The van der Waals surface area contributed by atoms with Crippen molar-refractivity contribution in [2.24, 2.45) is 0 Å². The molecule has 0 radical (unpaired) electrons. The summed E-state index contributed by atoms with van der Waals surface area (Å²) < 4.78 is 35.2. The van der Waals surface area contributed by atoms with E-state index in [2.05, 4.69) is 15.5 Å². The minimum Gasteiger partial charge on any atom is -0.481 e. The smallest absolute Gasteiger partial charge is 0.261 e. The average Bonchev–Trinajstić information content (AvgIpc) is 3.21. The van der Waals surface area contributed by atoms with Crippen LogP contribution >= 0.6 is 0 Å². The van der Waals surface area contributed by atoms with E-state index in [-0.39, 0.29) is 18.3 Å². The number of aryl methyl sites for hydroxylation is 1. The number of hydrogen-bond acceptors (Lipinski definition) is 7. The summed E-state index contributed by atoms with van der Waals surface area (Å²) in [5.74, 6) is 0.817. The fourth-order valence-corrected chi connectivity index (χ4v) is 3.14. The van der Waals surface area contributed by atoms with Crippen molar-refractivity contribution in [2.75, 3.05) is 17.6 Å². The van der Waals surface area contributed by atoms with Gasteiger partial charge in [-0.3, -0.25) is 9.10 Å². The van der Waals surface area contributed by atoms with Gasteiger partial charge in [-0.1, -0.05) is 35.0 Å². The van der Waals surface area contributed by atoms with Crippen LogP contribution < -0.4 is 14.4 Å². The fourth-order valence-electron chi connectivity index (χ4n) is 2.64.